The van der Waals surface area contributed by atoms with Crippen LogP contribution in [0.3, 0.4) is 0 Å². The van der Waals surface area contributed by atoms with Gasteiger partial charge in [0.05, 0.1) is 5.02 Å². The second kappa shape index (κ2) is 5.62. The molecule has 8 heteroatoms. The van der Waals surface area contributed by atoms with Gasteiger partial charge in [0.1, 0.15) is 10.7 Å². The number of hydrogen-bond acceptors (Lipinski definition) is 5. The first kappa shape index (κ1) is 14.5. The molecular weight excluding hydrogens is 288 g/mol. The predicted molar refractivity (Wildman–Crippen MR) is 74.4 cm³/mol. The molecule has 4 N–H and O–H groups in total. The molecule has 0 spiro atoms. The minimum Gasteiger partial charge on any atom is -0.383 e. The van der Waals surface area contributed by atoms with Crippen molar-refractivity contribution in [2.45, 2.75) is 24.3 Å². The Labute approximate surface area is 117 Å². The average molecular weight is 305 g/mol. The Morgan fingerprint density at radius 3 is 3.00 bits per heavy atom. The molecule has 0 saturated carbocycles. The minimum atomic E-state index is -3.71. The summed E-state index contributed by atoms with van der Waals surface area (Å²) in [5, 5.41) is 3.41. The summed E-state index contributed by atoms with van der Waals surface area (Å²) in [6.45, 7) is 3.53. The normalized spacial score (nSPS) is 24.3. The Morgan fingerprint density at radius 1 is 1.58 bits per heavy atom. The highest BCUT2D eigenvalue weighted by molar-refractivity contribution is 7.89. The number of sulfonamides is 1. The molecule has 19 heavy (non-hydrogen) atoms. The van der Waals surface area contributed by atoms with Crippen molar-refractivity contribution >= 4 is 27.4 Å². The molecule has 1 aromatic rings. The monoisotopic (exact) mass is 304 g/mol. The fourth-order valence-corrected chi connectivity index (χ4v) is 3.73. The SMILES string of the molecule is CC1CCNCC1NS(=O)(=O)c1cc(Cl)cnc1N. The highest BCUT2D eigenvalue weighted by Crippen LogP contribution is 2.21. The number of halogens is 1. The van der Waals surface area contributed by atoms with Crippen LogP contribution in [0.15, 0.2) is 17.2 Å². The highest BCUT2D eigenvalue weighted by Gasteiger charge is 2.28. The Bertz CT molecular complexity index is 564. The molecule has 0 bridgehead atoms. The lowest BCUT2D eigenvalue weighted by Gasteiger charge is -2.30. The van der Waals surface area contributed by atoms with Crippen LogP contribution in [0.25, 0.3) is 0 Å². The van der Waals surface area contributed by atoms with Gasteiger partial charge in [-0.05, 0) is 24.9 Å². The molecule has 0 amide bonds. The zero-order valence-corrected chi connectivity index (χ0v) is 12.1. The first-order chi connectivity index (χ1) is 8.90. The first-order valence-corrected chi connectivity index (χ1v) is 7.90. The van der Waals surface area contributed by atoms with Crippen LogP contribution in [0.1, 0.15) is 13.3 Å². The van der Waals surface area contributed by atoms with E-state index >= 15 is 0 Å². The quantitative estimate of drug-likeness (QED) is 0.759. The molecular formula is C11H17ClN4O2S. The van der Waals surface area contributed by atoms with Crippen LogP contribution in [0.5, 0.6) is 0 Å². The van der Waals surface area contributed by atoms with Gasteiger partial charge in [0.15, 0.2) is 0 Å². The van der Waals surface area contributed by atoms with E-state index in [1.165, 1.54) is 12.3 Å². The maximum absolute atomic E-state index is 12.3. The largest absolute Gasteiger partial charge is 0.383 e. The Balaban J connectivity index is 2.24. The number of pyridine rings is 1. The summed E-state index contributed by atoms with van der Waals surface area (Å²) in [4.78, 5) is 3.70. The number of piperidine rings is 1. The predicted octanol–water partition coefficient (Wildman–Crippen LogP) is 0.594. The molecule has 2 atom stereocenters. The number of nitrogen functional groups attached to an aromatic ring is 1. The number of nitrogens with one attached hydrogen (secondary N) is 2. The number of rotatable bonds is 3. The molecule has 0 aliphatic carbocycles. The molecule has 6 nitrogen and oxygen atoms in total. The zero-order chi connectivity index (χ0) is 14.0. The van der Waals surface area contributed by atoms with E-state index in [1.54, 1.807) is 0 Å². The van der Waals surface area contributed by atoms with Gasteiger partial charge in [0.25, 0.3) is 0 Å². The number of anilines is 1. The third-order valence-electron chi connectivity index (χ3n) is 3.27. The van der Waals surface area contributed by atoms with Crippen LogP contribution in [0.4, 0.5) is 5.82 Å². The third-order valence-corrected chi connectivity index (χ3v) is 5.00. The first-order valence-electron chi connectivity index (χ1n) is 6.04. The van der Waals surface area contributed by atoms with E-state index in [0.29, 0.717) is 6.54 Å². The van der Waals surface area contributed by atoms with Gasteiger partial charge in [0, 0.05) is 18.8 Å². The lowest BCUT2D eigenvalue weighted by Crippen LogP contribution is -2.50. The Morgan fingerprint density at radius 2 is 2.32 bits per heavy atom. The second-order valence-electron chi connectivity index (χ2n) is 4.73. The molecule has 1 saturated heterocycles. The summed E-state index contributed by atoms with van der Waals surface area (Å²) < 4.78 is 27.3. The van der Waals surface area contributed by atoms with Crippen molar-refractivity contribution < 1.29 is 8.42 Å². The van der Waals surface area contributed by atoms with E-state index < -0.39 is 10.0 Å². The summed E-state index contributed by atoms with van der Waals surface area (Å²) in [5.41, 5.74) is 5.61. The summed E-state index contributed by atoms with van der Waals surface area (Å²) in [7, 11) is -3.71. The minimum absolute atomic E-state index is 0.0479. The van der Waals surface area contributed by atoms with E-state index in [1.807, 2.05) is 6.92 Å². The summed E-state index contributed by atoms with van der Waals surface area (Å²) >= 11 is 5.77. The standard InChI is InChI=1S/C11H17ClN4O2S/c1-7-2-3-14-6-9(7)16-19(17,18)10-4-8(12)5-15-11(10)13/h4-5,7,9,14,16H,2-3,6H2,1H3,(H2,13,15). The van der Waals surface area contributed by atoms with Crippen LogP contribution in [-0.4, -0.2) is 32.5 Å². The van der Waals surface area contributed by atoms with Crippen LogP contribution >= 0.6 is 11.6 Å². The molecule has 0 radical (unpaired) electrons. The van der Waals surface area contributed by atoms with Crippen LogP contribution in [-0.2, 0) is 10.0 Å². The van der Waals surface area contributed by atoms with Gasteiger partial charge < -0.3 is 11.1 Å². The molecule has 1 fully saturated rings. The van der Waals surface area contributed by atoms with Crippen LogP contribution < -0.4 is 15.8 Å². The van der Waals surface area contributed by atoms with Gasteiger partial charge in [-0.15, -0.1) is 0 Å². The van der Waals surface area contributed by atoms with Crippen molar-refractivity contribution in [1.82, 2.24) is 15.0 Å². The lowest BCUT2D eigenvalue weighted by atomic mass is 9.96. The van der Waals surface area contributed by atoms with Gasteiger partial charge in [-0.1, -0.05) is 18.5 Å². The Hall–Kier alpha value is -0.890. The molecule has 106 valence electrons. The Kier molecular flexibility index (Phi) is 4.29. The number of aromatic nitrogens is 1. The fraction of sp³-hybridized carbons (Fsp3) is 0.545. The van der Waals surface area contributed by atoms with Crippen molar-refractivity contribution in [3.8, 4) is 0 Å². The molecule has 0 aromatic carbocycles. The van der Waals surface area contributed by atoms with E-state index in [-0.39, 0.29) is 27.7 Å². The van der Waals surface area contributed by atoms with Gasteiger partial charge >= 0.3 is 0 Å². The highest BCUT2D eigenvalue weighted by atomic mass is 35.5. The van der Waals surface area contributed by atoms with E-state index in [2.05, 4.69) is 15.0 Å². The van der Waals surface area contributed by atoms with E-state index in [9.17, 15) is 8.42 Å². The molecule has 1 aromatic heterocycles. The van der Waals surface area contributed by atoms with Crippen LogP contribution in [0, 0.1) is 5.92 Å². The topological polar surface area (TPSA) is 97.1 Å². The van der Waals surface area contributed by atoms with Gasteiger partial charge in [-0.2, -0.15) is 0 Å². The molecule has 2 rings (SSSR count). The number of nitrogens with zero attached hydrogens (tertiary/aromatic N) is 1. The van der Waals surface area contributed by atoms with Crippen molar-refractivity contribution in [2.24, 2.45) is 5.92 Å². The van der Waals surface area contributed by atoms with Gasteiger partial charge in [0.2, 0.25) is 10.0 Å². The van der Waals surface area contributed by atoms with Crippen molar-refractivity contribution in [3.05, 3.63) is 17.3 Å². The smallest absolute Gasteiger partial charge is 0.244 e. The van der Waals surface area contributed by atoms with Crippen molar-refractivity contribution in [2.75, 3.05) is 18.8 Å². The maximum atomic E-state index is 12.3. The van der Waals surface area contributed by atoms with Crippen molar-refractivity contribution in [1.29, 1.82) is 0 Å². The average Bonchev–Trinajstić information content (AvgIpc) is 2.35. The van der Waals surface area contributed by atoms with Gasteiger partial charge in [-0.25, -0.2) is 18.1 Å². The summed E-state index contributed by atoms with van der Waals surface area (Å²) in [6, 6.07) is 1.16. The van der Waals surface area contributed by atoms with Crippen molar-refractivity contribution in [3.63, 3.8) is 0 Å². The number of hydrogen-bond donors (Lipinski definition) is 3. The fourth-order valence-electron chi connectivity index (χ4n) is 2.06. The second-order valence-corrected chi connectivity index (χ2v) is 6.85. The van der Waals surface area contributed by atoms with E-state index in [4.69, 9.17) is 17.3 Å². The third kappa shape index (κ3) is 3.36. The molecule has 2 unspecified atom stereocenters. The summed E-state index contributed by atoms with van der Waals surface area (Å²) in [5.74, 6) is 0.220. The molecule has 1 aliphatic rings. The van der Waals surface area contributed by atoms with Crippen LogP contribution in [0.2, 0.25) is 5.02 Å². The number of nitrogens with two attached hydrogens (primary N) is 1. The van der Waals surface area contributed by atoms with E-state index in [0.717, 1.165) is 13.0 Å². The molecule has 1 aliphatic heterocycles. The molecule has 2 heterocycles. The van der Waals surface area contributed by atoms with Gasteiger partial charge in [-0.3, -0.25) is 0 Å². The zero-order valence-electron chi connectivity index (χ0n) is 10.6. The maximum Gasteiger partial charge on any atom is 0.244 e. The lowest BCUT2D eigenvalue weighted by molar-refractivity contribution is 0.327. The summed E-state index contributed by atoms with van der Waals surface area (Å²) in [6.07, 6.45) is 2.25.